The number of hydrogen-bond donors (Lipinski definition) is 1. The third-order valence-corrected chi connectivity index (χ3v) is 5.86. The number of fused-ring (bicyclic) bond motifs is 1. The molecular formula is C24H24F3N5O5. The zero-order valence-electron chi connectivity index (χ0n) is 20.3. The summed E-state index contributed by atoms with van der Waals surface area (Å²) >= 11 is 0. The maximum atomic E-state index is 13.2. The van der Waals surface area contributed by atoms with Crippen LogP contribution in [0.25, 0.3) is 0 Å². The van der Waals surface area contributed by atoms with Crippen LogP contribution in [0.3, 0.4) is 0 Å². The highest BCUT2D eigenvalue weighted by Gasteiger charge is 2.31. The SMILES string of the molecule is COc1ccc(C(=O)N2CCc3nc(NCc4ccc(C(F)(F)F)cc4)n(OC)c(=O)c3C2)c(OC)n1. The fraction of sp³-hybridized carbons (Fsp3) is 0.333. The monoisotopic (exact) mass is 519 g/mol. The molecule has 10 nitrogen and oxygen atoms in total. The van der Waals surface area contributed by atoms with Crippen LogP contribution in [0, 0.1) is 0 Å². The Balaban J connectivity index is 1.54. The van der Waals surface area contributed by atoms with Gasteiger partial charge in [0.25, 0.3) is 11.5 Å². The lowest BCUT2D eigenvalue weighted by molar-refractivity contribution is -0.137. The van der Waals surface area contributed by atoms with Crippen molar-refractivity contribution in [1.82, 2.24) is 19.6 Å². The third kappa shape index (κ3) is 5.29. The van der Waals surface area contributed by atoms with Crippen LogP contribution in [0.15, 0.2) is 41.2 Å². The van der Waals surface area contributed by atoms with Crippen molar-refractivity contribution in [3.8, 4) is 11.8 Å². The summed E-state index contributed by atoms with van der Waals surface area (Å²) in [5, 5.41) is 2.94. The molecule has 1 aliphatic rings. The van der Waals surface area contributed by atoms with Gasteiger partial charge in [0.15, 0.2) is 0 Å². The number of anilines is 1. The van der Waals surface area contributed by atoms with Crippen LogP contribution in [0.2, 0.25) is 0 Å². The van der Waals surface area contributed by atoms with Crippen LogP contribution >= 0.6 is 0 Å². The summed E-state index contributed by atoms with van der Waals surface area (Å²) < 4.78 is 49.6. The molecule has 3 heterocycles. The number of carbonyl (C=O) groups excluding carboxylic acids is 1. The first kappa shape index (κ1) is 25.8. The van der Waals surface area contributed by atoms with Crippen molar-refractivity contribution in [2.75, 3.05) is 33.2 Å². The summed E-state index contributed by atoms with van der Waals surface area (Å²) in [6.45, 7) is 0.405. The highest BCUT2D eigenvalue weighted by atomic mass is 19.4. The lowest BCUT2D eigenvalue weighted by Gasteiger charge is -2.29. The van der Waals surface area contributed by atoms with Crippen molar-refractivity contribution < 1.29 is 32.3 Å². The number of methoxy groups -OCH3 is 2. The second-order valence-corrected chi connectivity index (χ2v) is 8.08. The molecule has 0 saturated heterocycles. The van der Waals surface area contributed by atoms with E-state index in [4.69, 9.17) is 14.3 Å². The molecule has 0 fully saturated rings. The Bertz CT molecular complexity index is 1360. The van der Waals surface area contributed by atoms with Crippen molar-refractivity contribution in [1.29, 1.82) is 0 Å². The average molecular weight is 519 g/mol. The van der Waals surface area contributed by atoms with Crippen molar-refractivity contribution in [3.05, 3.63) is 74.7 Å². The van der Waals surface area contributed by atoms with E-state index in [0.29, 0.717) is 35.7 Å². The van der Waals surface area contributed by atoms with Crippen LogP contribution in [-0.2, 0) is 25.7 Å². The fourth-order valence-electron chi connectivity index (χ4n) is 3.93. The predicted molar refractivity (Wildman–Crippen MR) is 126 cm³/mol. The first-order valence-corrected chi connectivity index (χ1v) is 11.1. The van der Waals surface area contributed by atoms with Gasteiger partial charge < -0.3 is 24.5 Å². The third-order valence-electron chi connectivity index (χ3n) is 5.86. The minimum Gasteiger partial charge on any atom is -0.481 e. The van der Waals surface area contributed by atoms with Gasteiger partial charge >= 0.3 is 6.18 Å². The normalized spacial score (nSPS) is 13.1. The van der Waals surface area contributed by atoms with Gasteiger partial charge in [0.05, 0.1) is 37.6 Å². The molecule has 4 rings (SSSR count). The van der Waals surface area contributed by atoms with Crippen LogP contribution in [-0.4, -0.2) is 53.4 Å². The molecule has 3 aromatic rings. The number of pyridine rings is 1. The molecule has 1 amide bonds. The summed E-state index contributed by atoms with van der Waals surface area (Å²) in [6, 6.07) is 7.74. The molecule has 1 N–H and O–H groups in total. The van der Waals surface area contributed by atoms with Gasteiger partial charge in [0, 0.05) is 25.6 Å². The zero-order valence-corrected chi connectivity index (χ0v) is 20.3. The maximum Gasteiger partial charge on any atom is 0.416 e. The number of aromatic nitrogens is 3. The van der Waals surface area contributed by atoms with Crippen LogP contribution in [0.4, 0.5) is 19.1 Å². The van der Waals surface area contributed by atoms with Crippen LogP contribution < -0.4 is 25.2 Å². The van der Waals surface area contributed by atoms with Gasteiger partial charge in [-0.05, 0) is 23.8 Å². The number of carbonyl (C=O) groups is 1. The quantitative estimate of drug-likeness (QED) is 0.508. The van der Waals surface area contributed by atoms with Crippen LogP contribution in [0.1, 0.15) is 32.7 Å². The molecule has 0 bridgehead atoms. The molecule has 196 valence electrons. The second kappa shape index (κ2) is 10.4. The Hall–Kier alpha value is -4.29. The Morgan fingerprint density at radius 1 is 1.05 bits per heavy atom. The number of ether oxygens (including phenoxy) is 2. The number of amides is 1. The Kier molecular flexibility index (Phi) is 7.23. The molecular weight excluding hydrogens is 495 g/mol. The molecule has 0 unspecified atom stereocenters. The molecule has 0 saturated carbocycles. The van der Waals surface area contributed by atoms with E-state index in [1.165, 1.54) is 38.4 Å². The van der Waals surface area contributed by atoms with Crippen molar-refractivity contribution >= 4 is 11.9 Å². The van der Waals surface area contributed by atoms with Crippen molar-refractivity contribution in [3.63, 3.8) is 0 Å². The number of rotatable bonds is 7. The Morgan fingerprint density at radius 3 is 2.41 bits per heavy atom. The van der Waals surface area contributed by atoms with Crippen LogP contribution in [0.5, 0.6) is 11.8 Å². The number of benzene rings is 1. The van der Waals surface area contributed by atoms with Gasteiger partial charge in [-0.1, -0.05) is 12.1 Å². The number of halogens is 3. The first-order valence-electron chi connectivity index (χ1n) is 11.1. The van der Waals surface area contributed by atoms with E-state index in [0.717, 1.165) is 16.9 Å². The summed E-state index contributed by atoms with van der Waals surface area (Å²) in [5.41, 5.74) is 0.320. The van der Waals surface area contributed by atoms with E-state index in [1.54, 1.807) is 12.1 Å². The summed E-state index contributed by atoms with van der Waals surface area (Å²) in [4.78, 5) is 41.7. The minimum absolute atomic E-state index is 0.00225. The van der Waals surface area contributed by atoms with Gasteiger partial charge in [-0.25, -0.2) is 4.98 Å². The first-order chi connectivity index (χ1) is 17.7. The van der Waals surface area contributed by atoms with Gasteiger partial charge in [-0.15, -0.1) is 4.73 Å². The highest BCUT2D eigenvalue weighted by molar-refractivity contribution is 5.96. The highest BCUT2D eigenvalue weighted by Crippen LogP contribution is 2.29. The molecule has 0 aliphatic carbocycles. The van der Waals surface area contributed by atoms with E-state index in [-0.39, 0.29) is 36.4 Å². The Labute approximate surface area is 209 Å². The summed E-state index contributed by atoms with van der Waals surface area (Å²) in [7, 11) is 4.13. The molecule has 2 aromatic heterocycles. The van der Waals surface area contributed by atoms with Gasteiger partial charge in [0.2, 0.25) is 17.7 Å². The number of nitrogens with one attached hydrogen (secondary N) is 1. The van der Waals surface area contributed by atoms with Crippen molar-refractivity contribution in [2.45, 2.75) is 25.7 Å². The van der Waals surface area contributed by atoms with Gasteiger partial charge in [-0.2, -0.15) is 18.2 Å². The standard InChI is InChI=1S/C24H24F3N5O5/c1-35-19-9-8-16(20(30-19)36-2)21(33)31-11-10-18-17(13-31)22(34)32(37-3)23(29-18)28-12-14-4-6-15(7-5-14)24(25,26)27/h4-9H,10-13H2,1-3H3,(H,28,29). The zero-order chi connectivity index (χ0) is 26.7. The van der Waals surface area contributed by atoms with Crippen molar-refractivity contribution in [2.24, 2.45) is 0 Å². The van der Waals surface area contributed by atoms with E-state index in [9.17, 15) is 22.8 Å². The molecule has 0 spiro atoms. The average Bonchev–Trinajstić information content (AvgIpc) is 2.90. The van der Waals surface area contributed by atoms with Gasteiger partial charge in [0.1, 0.15) is 12.7 Å². The predicted octanol–water partition coefficient (Wildman–Crippen LogP) is 2.54. The lowest BCUT2D eigenvalue weighted by Crippen LogP contribution is -2.42. The molecule has 0 radical (unpaired) electrons. The molecule has 13 heteroatoms. The van der Waals surface area contributed by atoms with E-state index >= 15 is 0 Å². The Morgan fingerprint density at radius 2 is 1.78 bits per heavy atom. The molecule has 1 aliphatic heterocycles. The number of nitrogens with zero attached hydrogens (tertiary/aromatic N) is 4. The molecule has 0 atom stereocenters. The summed E-state index contributed by atoms with van der Waals surface area (Å²) in [6.07, 6.45) is -4.12. The lowest BCUT2D eigenvalue weighted by atomic mass is 10.1. The maximum absolute atomic E-state index is 13.2. The summed E-state index contributed by atoms with van der Waals surface area (Å²) in [5.74, 6) is 0.128. The largest absolute Gasteiger partial charge is 0.481 e. The molecule has 1 aromatic carbocycles. The minimum atomic E-state index is -4.42. The molecule has 37 heavy (non-hydrogen) atoms. The second-order valence-electron chi connectivity index (χ2n) is 8.08. The fourth-order valence-corrected chi connectivity index (χ4v) is 3.93. The smallest absolute Gasteiger partial charge is 0.416 e. The number of alkyl halides is 3. The van der Waals surface area contributed by atoms with Gasteiger partial charge in [-0.3, -0.25) is 9.59 Å². The topological polar surface area (TPSA) is 108 Å². The van der Waals surface area contributed by atoms with E-state index in [2.05, 4.69) is 15.3 Å². The van der Waals surface area contributed by atoms with E-state index < -0.39 is 17.3 Å². The van der Waals surface area contributed by atoms with E-state index in [1.807, 2.05) is 0 Å². The number of hydrogen-bond acceptors (Lipinski definition) is 8.